The van der Waals surface area contributed by atoms with Crippen molar-refractivity contribution in [3.05, 3.63) is 41.1 Å². The molecule has 0 radical (unpaired) electrons. The van der Waals surface area contributed by atoms with Crippen LogP contribution in [0.2, 0.25) is 0 Å². The van der Waals surface area contributed by atoms with Crippen LogP contribution in [0.3, 0.4) is 0 Å². The minimum atomic E-state index is 0.775. The van der Waals surface area contributed by atoms with Crippen molar-refractivity contribution < 1.29 is 0 Å². The Morgan fingerprint density at radius 3 is 2.18 bits per heavy atom. The highest BCUT2D eigenvalue weighted by atomic mass is 15.0. The predicted octanol–water partition coefficient (Wildman–Crippen LogP) is 3.11. The molecule has 0 aliphatic heterocycles. The Hall–Kier alpha value is -1.90. The van der Waals surface area contributed by atoms with E-state index < -0.39 is 0 Å². The van der Waals surface area contributed by atoms with Crippen LogP contribution in [-0.4, -0.2) is 17.0 Å². The number of aryl methyl sites for hydroxylation is 2. The molecule has 1 aromatic heterocycles. The zero-order valence-electron chi connectivity index (χ0n) is 10.7. The summed E-state index contributed by atoms with van der Waals surface area (Å²) in [5.41, 5.74) is 4.41. The van der Waals surface area contributed by atoms with Crippen LogP contribution in [0.15, 0.2) is 24.3 Å². The molecule has 1 heterocycles. The van der Waals surface area contributed by atoms with Gasteiger partial charge in [0, 0.05) is 23.9 Å². The quantitative estimate of drug-likeness (QED) is 0.856. The van der Waals surface area contributed by atoms with Gasteiger partial charge in [0.15, 0.2) is 5.82 Å². The van der Waals surface area contributed by atoms with E-state index in [-0.39, 0.29) is 0 Å². The highest BCUT2D eigenvalue weighted by Gasteiger charge is 2.08. The van der Waals surface area contributed by atoms with Gasteiger partial charge in [-0.3, -0.25) is 0 Å². The Labute approximate surface area is 102 Å². The summed E-state index contributed by atoms with van der Waals surface area (Å²) in [7, 11) is 1.88. The standard InChI is InChI=1S/C14H17N3/c1-9-5-7-12(8-6-9)14-16-11(3)10(2)13(15-4)17-14/h5-8H,1-4H3,(H,15,16,17). The molecular formula is C14H17N3. The van der Waals surface area contributed by atoms with E-state index >= 15 is 0 Å². The lowest BCUT2D eigenvalue weighted by Gasteiger charge is -2.09. The molecule has 1 aromatic carbocycles. The Bertz CT molecular complexity index is 530. The van der Waals surface area contributed by atoms with Gasteiger partial charge in [-0.05, 0) is 20.8 Å². The van der Waals surface area contributed by atoms with Gasteiger partial charge in [-0.15, -0.1) is 0 Å². The van der Waals surface area contributed by atoms with Gasteiger partial charge >= 0.3 is 0 Å². The lowest BCUT2D eigenvalue weighted by molar-refractivity contribution is 1.07. The summed E-state index contributed by atoms with van der Waals surface area (Å²) in [6.45, 7) is 6.11. The molecule has 3 nitrogen and oxygen atoms in total. The average Bonchev–Trinajstić information content (AvgIpc) is 2.33. The molecule has 0 aliphatic carbocycles. The molecule has 0 spiro atoms. The summed E-state index contributed by atoms with van der Waals surface area (Å²) in [5, 5.41) is 3.11. The summed E-state index contributed by atoms with van der Waals surface area (Å²) < 4.78 is 0. The number of rotatable bonds is 2. The number of nitrogens with one attached hydrogen (secondary N) is 1. The lowest BCUT2D eigenvalue weighted by Crippen LogP contribution is -2.02. The molecule has 0 atom stereocenters. The van der Waals surface area contributed by atoms with Crippen molar-refractivity contribution in [2.75, 3.05) is 12.4 Å². The van der Waals surface area contributed by atoms with Gasteiger partial charge in [-0.25, -0.2) is 9.97 Å². The highest BCUT2D eigenvalue weighted by Crippen LogP contribution is 2.21. The van der Waals surface area contributed by atoms with Crippen molar-refractivity contribution in [2.45, 2.75) is 20.8 Å². The van der Waals surface area contributed by atoms with Crippen LogP contribution in [0.5, 0.6) is 0 Å². The second-order valence-corrected chi connectivity index (χ2v) is 4.22. The Kier molecular flexibility index (Phi) is 3.09. The molecule has 0 amide bonds. The maximum atomic E-state index is 4.53. The molecule has 1 N–H and O–H groups in total. The molecule has 0 saturated heterocycles. The van der Waals surface area contributed by atoms with Crippen LogP contribution in [0.4, 0.5) is 5.82 Å². The first kappa shape index (κ1) is 11.6. The van der Waals surface area contributed by atoms with E-state index in [0.717, 1.165) is 28.5 Å². The summed E-state index contributed by atoms with van der Waals surface area (Å²) in [6, 6.07) is 8.26. The SMILES string of the molecule is CNc1nc(-c2ccc(C)cc2)nc(C)c1C. The van der Waals surface area contributed by atoms with E-state index in [9.17, 15) is 0 Å². The number of aromatic nitrogens is 2. The van der Waals surface area contributed by atoms with Crippen LogP contribution in [0.1, 0.15) is 16.8 Å². The predicted molar refractivity (Wildman–Crippen MR) is 71.2 cm³/mol. The molecule has 2 aromatic rings. The Balaban J connectivity index is 2.52. The minimum absolute atomic E-state index is 0.775. The first-order chi connectivity index (χ1) is 8.11. The monoisotopic (exact) mass is 227 g/mol. The third-order valence-electron chi connectivity index (χ3n) is 2.94. The largest absolute Gasteiger partial charge is 0.373 e. The Morgan fingerprint density at radius 1 is 0.941 bits per heavy atom. The van der Waals surface area contributed by atoms with E-state index in [1.165, 1.54) is 5.56 Å². The van der Waals surface area contributed by atoms with Crippen LogP contribution < -0.4 is 5.32 Å². The minimum Gasteiger partial charge on any atom is -0.373 e. The maximum absolute atomic E-state index is 4.53. The molecule has 3 heteroatoms. The second-order valence-electron chi connectivity index (χ2n) is 4.22. The number of nitrogens with zero attached hydrogens (tertiary/aromatic N) is 2. The average molecular weight is 227 g/mol. The van der Waals surface area contributed by atoms with Gasteiger partial charge in [0.2, 0.25) is 0 Å². The van der Waals surface area contributed by atoms with Gasteiger partial charge in [0.05, 0.1) is 0 Å². The molecule has 0 aliphatic rings. The molecule has 0 unspecified atom stereocenters. The van der Waals surface area contributed by atoms with Crippen molar-refractivity contribution in [1.29, 1.82) is 0 Å². The van der Waals surface area contributed by atoms with Crippen molar-refractivity contribution in [2.24, 2.45) is 0 Å². The summed E-state index contributed by atoms with van der Waals surface area (Å²) in [4.78, 5) is 9.06. The van der Waals surface area contributed by atoms with E-state index in [1.807, 2.05) is 20.9 Å². The fraction of sp³-hybridized carbons (Fsp3) is 0.286. The van der Waals surface area contributed by atoms with Gasteiger partial charge in [-0.1, -0.05) is 29.8 Å². The van der Waals surface area contributed by atoms with Gasteiger partial charge < -0.3 is 5.32 Å². The zero-order valence-corrected chi connectivity index (χ0v) is 10.7. The van der Waals surface area contributed by atoms with Crippen molar-refractivity contribution >= 4 is 5.82 Å². The third kappa shape index (κ3) is 2.28. The van der Waals surface area contributed by atoms with Crippen LogP contribution >= 0.6 is 0 Å². The lowest BCUT2D eigenvalue weighted by atomic mass is 10.1. The van der Waals surface area contributed by atoms with Crippen LogP contribution in [0, 0.1) is 20.8 Å². The smallest absolute Gasteiger partial charge is 0.161 e. The third-order valence-corrected chi connectivity index (χ3v) is 2.94. The van der Waals surface area contributed by atoms with Gasteiger partial charge in [0.1, 0.15) is 5.82 Å². The zero-order chi connectivity index (χ0) is 12.4. The number of hydrogen-bond acceptors (Lipinski definition) is 3. The van der Waals surface area contributed by atoms with E-state index in [1.54, 1.807) is 0 Å². The number of hydrogen-bond donors (Lipinski definition) is 1. The van der Waals surface area contributed by atoms with E-state index in [0.29, 0.717) is 0 Å². The van der Waals surface area contributed by atoms with Crippen LogP contribution in [0.25, 0.3) is 11.4 Å². The highest BCUT2D eigenvalue weighted by molar-refractivity contribution is 5.59. The second kappa shape index (κ2) is 4.53. The normalized spacial score (nSPS) is 10.4. The molecular weight excluding hydrogens is 210 g/mol. The van der Waals surface area contributed by atoms with Crippen molar-refractivity contribution in [3.8, 4) is 11.4 Å². The molecule has 2 rings (SSSR count). The Morgan fingerprint density at radius 2 is 1.59 bits per heavy atom. The first-order valence-electron chi connectivity index (χ1n) is 5.72. The van der Waals surface area contributed by atoms with Crippen molar-refractivity contribution in [3.63, 3.8) is 0 Å². The summed E-state index contributed by atoms with van der Waals surface area (Å²) in [6.07, 6.45) is 0. The van der Waals surface area contributed by atoms with Crippen LogP contribution in [-0.2, 0) is 0 Å². The van der Waals surface area contributed by atoms with Crippen molar-refractivity contribution in [1.82, 2.24) is 9.97 Å². The topological polar surface area (TPSA) is 37.8 Å². The molecule has 0 fully saturated rings. The molecule has 17 heavy (non-hydrogen) atoms. The van der Waals surface area contributed by atoms with Gasteiger partial charge in [-0.2, -0.15) is 0 Å². The van der Waals surface area contributed by atoms with E-state index in [4.69, 9.17) is 0 Å². The fourth-order valence-corrected chi connectivity index (χ4v) is 1.70. The summed E-state index contributed by atoms with van der Waals surface area (Å²) >= 11 is 0. The van der Waals surface area contributed by atoms with Gasteiger partial charge in [0.25, 0.3) is 0 Å². The fourth-order valence-electron chi connectivity index (χ4n) is 1.70. The number of benzene rings is 1. The molecule has 0 saturated carbocycles. The molecule has 88 valence electrons. The van der Waals surface area contributed by atoms with E-state index in [2.05, 4.69) is 46.5 Å². The molecule has 0 bridgehead atoms. The number of anilines is 1. The maximum Gasteiger partial charge on any atom is 0.161 e. The summed E-state index contributed by atoms with van der Waals surface area (Å²) in [5.74, 6) is 1.67. The first-order valence-corrected chi connectivity index (χ1v) is 5.72.